The Hall–Kier alpha value is -1.35. The summed E-state index contributed by atoms with van der Waals surface area (Å²) in [6.45, 7) is 5.85. The van der Waals surface area contributed by atoms with Gasteiger partial charge in [-0.3, -0.25) is 4.79 Å². The van der Waals surface area contributed by atoms with Gasteiger partial charge in [0.25, 0.3) is 0 Å². The minimum atomic E-state index is -0.650. The van der Waals surface area contributed by atoms with Crippen molar-refractivity contribution in [1.82, 2.24) is 5.32 Å². The molecule has 0 spiro atoms. The van der Waals surface area contributed by atoms with Gasteiger partial charge in [0.1, 0.15) is 0 Å². The fraction of sp³-hybridized carbons (Fsp3) is 0.500. The highest BCUT2D eigenvalue weighted by Gasteiger charge is 2.42. The van der Waals surface area contributed by atoms with E-state index in [9.17, 15) is 4.79 Å². The minimum absolute atomic E-state index is 0.109. The van der Waals surface area contributed by atoms with E-state index >= 15 is 0 Å². The summed E-state index contributed by atoms with van der Waals surface area (Å²) in [6, 6.07) is 6.43. The zero-order chi connectivity index (χ0) is 12.4. The lowest BCUT2D eigenvalue weighted by Crippen LogP contribution is -2.18. The molecule has 2 N–H and O–H groups in total. The lowest BCUT2D eigenvalue weighted by molar-refractivity contribution is -0.138. The van der Waals surface area contributed by atoms with Gasteiger partial charge in [-0.2, -0.15) is 0 Å². The molecule has 17 heavy (non-hydrogen) atoms. The number of nitrogens with one attached hydrogen (secondary N) is 1. The maximum atomic E-state index is 10.7. The zero-order valence-electron chi connectivity index (χ0n) is 10.4. The minimum Gasteiger partial charge on any atom is -0.481 e. The molecule has 3 heteroatoms. The van der Waals surface area contributed by atoms with Gasteiger partial charge in [-0.15, -0.1) is 0 Å². The van der Waals surface area contributed by atoms with Gasteiger partial charge in [0.05, 0.1) is 5.92 Å². The second-order valence-corrected chi connectivity index (χ2v) is 4.99. The van der Waals surface area contributed by atoms with Crippen molar-refractivity contribution in [2.75, 3.05) is 6.54 Å². The Morgan fingerprint density at radius 1 is 1.41 bits per heavy atom. The van der Waals surface area contributed by atoms with Gasteiger partial charge in [-0.1, -0.05) is 18.2 Å². The van der Waals surface area contributed by atoms with Gasteiger partial charge in [-0.05, 0) is 49.4 Å². The van der Waals surface area contributed by atoms with E-state index in [1.807, 2.05) is 0 Å². The van der Waals surface area contributed by atoms with Gasteiger partial charge >= 0.3 is 5.97 Å². The second-order valence-electron chi connectivity index (χ2n) is 4.99. The molecular weight excluding hydrogens is 214 g/mol. The van der Waals surface area contributed by atoms with E-state index in [0.29, 0.717) is 5.92 Å². The molecule has 0 amide bonds. The molecule has 1 aliphatic rings. The maximum absolute atomic E-state index is 10.7. The Bertz CT molecular complexity index is 428. The third-order valence-corrected chi connectivity index (χ3v) is 3.55. The first kappa shape index (κ1) is 12.1. The number of carbonyl (C=O) groups is 1. The van der Waals surface area contributed by atoms with E-state index in [-0.39, 0.29) is 5.92 Å². The molecule has 3 nitrogen and oxygen atoms in total. The summed E-state index contributed by atoms with van der Waals surface area (Å²) in [5.74, 6) is -0.427. The Morgan fingerprint density at radius 3 is 2.76 bits per heavy atom. The Labute approximate surface area is 102 Å². The highest BCUT2D eigenvalue weighted by molar-refractivity contribution is 5.73. The number of aliphatic carboxylic acids is 1. The summed E-state index contributed by atoms with van der Waals surface area (Å²) in [5.41, 5.74) is 3.88. The SMILES string of the molecule is Cc1ccc(CNCC2CC2C(=O)O)cc1C. The second kappa shape index (κ2) is 4.88. The van der Waals surface area contributed by atoms with Crippen LogP contribution < -0.4 is 5.32 Å². The fourth-order valence-corrected chi connectivity index (χ4v) is 2.09. The molecule has 2 unspecified atom stereocenters. The summed E-state index contributed by atoms with van der Waals surface area (Å²) < 4.78 is 0. The first-order valence-corrected chi connectivity index (χ1v) is 6.07. The highest BCUT2D eigenvalue weighted by Crippen LogP contribution is 2.37. The molecule has 92 valence electrons. The first-order chi connectivity index (χ1) is 8.08. The predicted molar refractivity (Wildman–Crippen MR) is 66.9 cm³/mol. The molecule has 0 heterocycles. The molecule has 1 fully saturated rings. The Morgan fingerprint density at radius 2 is 2.18 bits per heavy atom. The van der Waals surface area contributed by atoms with Crippen LogP contribution >= 0.6 is 0 Å². The van der Waals surface area contributed by atoms with E-state index in [0.717, 1.165) is 19.5 Å². The van der Waals surface area contributed by atoms with E-state index < -0.39 is 5.97 Å². The monoisotopic (exact) mass is 233 g/mol. The zero-order valence-corrected chi connectivity index (χ0v) is 10.4. The molecule has 1 aromatic carbocycles. The molecule has 0 aromatic heterocycles. The summed E-state index contributed by atoms with van der Waals surface area (Å²) in [7, 11) is 0. The van der Waals surface area contributed by atoms with Crippen LogP contribution in [0.15, 0.2) is 18.2 Å². The number of rotatable bonds is 5. The average Bonchev–Trinajstić information content (AvgIpc) is 3.03. The summed E-state index contributed by atoms with van der Waals surface area (Å²) in [6.07, 6.45) is 0.829. The third-order valence-electron chi connectivity index (χ3n) is 3.55. The molecule has 1 aromatic rings. The van der Waals surface area contributed by atoms with Crippen LogP contribution in [0.4, 0.5) is 0 Å². The largest absolute Gasteiger partial charge is 0.481 e. The van der Waals surface area contributed by atoms with Gasteiger partial charge in [0.15, 0.2) is 0 Å². The number of aryl methyl sites for hydroxylation is 2. The van der Waals surface area contributed by atoms with Crippen molar-refractivity contribution in [2.45, 2.75) is 26.8 Å². The topological polar surface area (TPSA) is 49.3 Å². The van der Waals surface area contributed by atoms with Crippen LogP contribution in [0.25, 0.3) is 0 Å². The molecular formula is C14H19NO2. The molecule has 1 aliphatic carbocycles. The number of carboxylic acids is 1. The summed E-state index contributed by atoms with van der Waals surface area (Å²) >= 11 is 0. The van der Waals surface area contributed by atoms with Crippen molar-refractivity contribution < 1.29 is 9.90 Å². The number of hydrogen-bond acceptors (Lipinski definition) is 2. The van der Waals surface area contributed by atoms with Crippen molar-refractivity contribution in [3.63, 3.8) is 0 Å². The van der Waals surface area contributed by atoms with Crippen molar-refractivity contribution in [1.29, 1.82) is 0 Å². The molecule has 2 rings (SSSR count). The standard InChI is InChI=1S/C14H19NO2/c1-9-3-4-11(5-10(9)2)7-15-8-12-6-13(12)14(16)17/h3-5,12-13,15H,6-8H2,1-2H3,(H,16,17). The maximum Gasteiger partial charge on any atom is 0.306 e. The average molecular weight is 233 g/mol. The van der Waals surface area contributed by atoms with E-state index in [1.165, 1.54) is 16.7 Å². The van der Waals surface area contributed by atoms with Gasteiger partial charge < -0.3 is 10.4 Å². The highest BCUT2D eigenvalue weighted by atomic mass is 16.4. The van der Waals surface area contributed by atoms with Crippen LogP contribution in [0.2, 0.25) is 0 Å². The third kappa shape index (κ3) is 3.07. The Kier molecular flexibility index (Phi) is 3.48. The predicted octanol–water partition coefficient (Wildman–Crippen LogP) is 2.11. The summed E-state index contributed by atoms with van der Waals surface area (Å²) in [5, 5.41) is 12.1. The lowest BCUT2D eigenvalue weighted by atomic mass is 10.1. The van der Waals surface area contributed by atoms with Crippen LogP contribution in [0, 0.1) is 25.7 Å². The van der Waals surface area contributed by atoms with Crippen LogP contribution in [0.5, 0.6) is 0 Å². The van der Waals surface area contributed by atoms with E-state index in [4.69, 9.17) is 5.11 Å². The summed E-state index contributed by atoms with van der Waals surface area (Å²) in [4.78, 5) is 10.7. The molecule has 0 radical (unpaired) electrons. The van der Waals surface area contributed by atoms with Crippen molar-refractivity contribution >= 4 is 5.97 Å². The van der Waals surface area contributed by atoms with Gasteiger partial charge in [0.2, 0.25) is 0 Å². The molecule has 0 bridgehead atoms. The van der Waals surface area contributed by atoms with Gasteiger partial charge in [0, 0.05) is 6.54 Å². The van der Waals surface area contributed by atoms with Gasteiger partial charge in [-0.25, -0.2) is 0 Å². The van der Waals surface area contributed by atoms with Crippen molar-refractivity contribution in [3.8, 4) is 0 Å². The van der Waals surface area contributed by atoms with Crippen LogP contribution in [0.1, 0.15) is 23.1 Å². The fourth-order valence-electron chi connectivity index (χ4n) is 2.09. The van der Waals surface area contributed by atoms with Crippen molar-refractivity contribution in [2.24, 2.45) is 11.8 Å². The number of carboxylic acid groups (broad SMARTS) is 1. The Balaban J connectivity index is 1.75. The smallest absolute Gasteiger partial charge is 0.306 e. The van der Waals surface area contributed by atoms with Crippen molar-refractivity contribution in [3.05, 3.63) is 34.9 Å². The lowest BCUT2D eigenvalue weighted by Gasteiger charge is -2.06. The molecule has 0 saturated heterocycles. The van der Waals surface area contributed by atoms with Crippen LogP contribution in [-0.2, 0) is 11.3 Å². The molecule has 2 atom stereocenters. The number of benzene rings is 1. The van der Waals surface area contributed by atoms with E-state index in [2.05, 4.69) is 37.4 Å². The normalized spacial score (nSPS) is 22.5. The first-order valence-electron chi connectivity index (χ1n) is 6.07. The molecule has 1 saturated carbocycles. The van der Waals surface area contributed by atoms with Crippen LogP contribution in [0.3, 0.4) is 0 Å². The quantitative estimate of drug-likeness (QED) is 0.819. The van der Waals surface area contributed by atoms with E-state index in [1.54, 1.807) is 0 Å². The number of hydrogen-bond donors (Lipinski definition) is 2. The molecule has 0 aliphatic heterocycles. The van der Waals surface area contributed by atoms with Crippen LogP contribution in [-0.4, -0.2) is 17.6 Å².